The molecule has 0 fully saturated rings. The summed E-state index contributed by atoms with van der Waals surface area (Å²) in [7, 11) is 0. The maximum absolute atomic E-state index is 13.5. The van der Waals surface area contributed by atoms with Gasteiger partial charge in [-0.15, -0.1) is 0 Å². The van der Waals surface area contributed by atoms with Gasteiger partial charge in [-0.1, -0.05) is 23.7 Å². The van der Waals surface area contributed by atoms with Crippen molar-refractivity contribution in [2.45, 2.75) is 13.0 Å². The van der Waals surface area contributed by atoms with Gasteiger partial charge in [0.2, 0.25) is 0 Å². The van der Waals surface area contributed by atoms with E-state index in [4.69, 9.17) is 17.3 Å². The van der Waals surface area contributed by atoms with Crippen molar-refractivity contribution in [3.63, 3.8) is 0 Å². The molecule has 2 aromatic rings. The molecule has 2 rings (SSSR count). The van der Waals surface area contributed by atoms with Gasteiger partial charge in [0.25, 0.3) is 0 Å². The van der Waals surface area contributed by atoms with Gasteiger partial charge >= 0.3 is 0 Å². The van der Waals surface area contributed by atoms with Crippen molar-refractivity contribution in [2.24, 2.45) is 5.73 Å². The average molecular weight is 286 g/mol. The molecule has 0 aliphatic heterocycles. The molecule has 0 radical (unpaired) electrons. The van der Waals surface area contributed by atoms with E-state index in [1.165, 1.54) is 6.07 Å². The number of halogens is 4. The van der Waals surface area contributed by atoms with E-state index in [0.717, 1.165) is 12.1 Å². The lowest BCUT2D eigenvalue weighted by Gasteiger charge is -2.15. The summed E-state index contributed by atoms with van der Waals surface area (Å²) in [6.45, 7) is 1.62. The first kappa shape index (κ1) is 13.9. The summed E-state index contributed by atoms with van der Waals surface area (Å²) in [5.74, 6) is -2.50. The van der Waals surface area contributed by atoms with E-state index in [2.05, 4.69) is 0 Å². The monoisotopic (exact) mass is 285 g/mol. The second-order valence-electron chi connectivity index (χ2n) is 4.27. The van der Waals surface area contributed by atoms with Crippen LogP contribution < -0.4 is 5.73 Å². The SMILES string of the molecule is Cc1ccc(C(N)c2cc(F)c(F)cc2Cl)cc1F. The normalized spacial score (nSPS) is 12.5. The van der Waals surface area contributed by atoms with E-state index in [9.17, 15) is 13.2 Å². The maximum atomic E-state index is 13.5. The van der Waals surface area contributed by atoms with Crippen LogP contribution in [0, 0.1) is 24.4 Å². The lowest BCUT2D eigenvalue weighted by atomic mass is 9.98. The fourth-order valence-electron chi connectivity index (χ4n) is 1.76. The number of nitrogens with two attached hydrogens (primary N) is 1. The quantitative estimate of drug-likeness (QED) is 0.826. The Bertz CT molecular complexity index is 628. The van der Waals surface area contributed by atoms with E-state index < -0.39 is 23.5 Å². The minimum atomic E-state index is -1.05. The van der Waals surface area contributed by atoms with Crippen LogP contribution in [0.1, 0.15) is 22.7 Å². The Morgan fingerprint density at radius 2 is 1.63 bits per heavy atom. The minimum absolute atomic E-state index is 0.00684. The standard InChI is InChI=1S/C14H11ClF3N/c1-7-2-3-8(4-11(7)16)14(19)9-5-12(17)13(18)6-10(9)15/h2-6,14H,19H2,1H3. The topological polar surface area (TPSA) is 26.0 Å². The fraction of sp³-hybridized carbons (Fsp3) is 0.143. The second kappa shape index (κ2) is 5.23. The molecule has 5 heteroatoms. The molecule has 2 aromatic carbocycles. The van der Waals surface area contributed by atoms with Gasteiger partial charge in [-0.25, -0.2) is 13.2 Å². The minimum Gasteiger partial charge on any atom is -0.320 e. The average Bonchev–Trinajstić information content (AvgIpc) is 2.36. The van der Waals surface area contributed by atoms with Crippen molar-refractivity contribution in [1.82, 2.24) is 0 Å². The number of hydrogen-bond donors (Lipinski definition) is 1. The van der Waals surface area contributed by atoms with Crippen LogP contribution in [0.5, 0.6) is 0 Å². The van der Waals surface area contributed by atoms with E-state index in [-0.39, 0.29) is 10.6 Å². The van der Waals surface area contributed by atoms with Gasteiger partial charge < -0.3 is 5.73 Å². The third-order valence-corrected chi connectivity index (χ3v) is 3.26. The van der Waals surface area contributed by atoms with Gasteiger partial charge in [-0.05, 0) is 41.8 Å². The van der Waals surface area contributed by atoms with Gasteiger partial charge in [0, 0.05) is 5.02 Å². The first-order valence-corrected chi connectivity index (χ1v) is 5.94. The highest BCUT2D eigenvalue weighted by molar-refractivity contribution is 6.31. The first-order chi connectivity index (χ1) is 8.90. The zero-order chi connectivity index (χ0) is 14.2. The number of benzene rings is 2. The maximum Gasteiger partial charge on any atom is 0.160 e. The molecule has 1 unspecified atom stereocenters. The Labute approximate surface area is 113 Å². The van der Waals surface area contributed by atoms with Crippen molar-refractivity contribution in [3.8, 4) is 0 Å². The molecule has 1 nitrogen and oxygen atoms in total. The third-order valence-electron chi connectivity index (χ3n) is 2.93. The Kier molecular flexibility index (Phi) is 3.83. The summed E-state index contributed by atoms with van der Waals surface area (Å²) in [5, 5.41) is 0.00684. The number of rotatable bonds is 2. The predicted octanol–water partition coefficient (Wildman–Crippen LogP) is 4.11. The molecule has 0 aliphatic carbocycles. The highest BCUT2D eigenvalue weighted by Crippen LogP contribution is 2.29. The molecule has 0 aliphatic rings. The molecule has 0 bridgehead atoms. The molecule has 0 amide bonds. The lowest BCUT2D eigenvalue weighted by Crippen LogP contribution is -2.13. The van der Waals surface area contributed by atoms with Crippen molar-refractivity contribution < 1.29 is 13.2 Å². The summed E-state index contributed by atoms with van der Waals surface area (Å²) in [6, 6.07) is 5.42. The Hall–Kier alpha value is -1.52. The Morgan fingerprint density at radius 3 is 2.26 bits per heavy atom. The van der Waals surface area contributed by atoms with Crippen LogP contribution in [0.3, 0.4) is 0 Å². The molecular weight excluding hydrogens is 275 g/mol. The van der Waals surface area contributed by atoms with Gasteiger partial charge in [0.15, 0.2) is 11.6 Å². The summed E-state index contributed by atoms with van der Waals surface area (Å²) in [5.41, 5.74) is 7.05. The van der Waals surface area contributed by atoms with E-state index in [1.807, 2.05) is 0 Å². The summed E-state index contributed by atoms with van der Waals surface area (Å²) in [6.07, 6.45) is 0. The van der Waals surface area contributed by atoms with E-state index >= 15 is 0 Å². The molecule has 0 spiro atoms. The Balaban J connectivity index is 2.46. The Morgan fingerprint density at radius 1 is 1.00 bits per heavy atom. The third kappa shape index (κ3) is 2.74. The highest BCUT2D eigenvalue weighted by atomic mass is 35.5. The van der Waals surface area contributed by atoms with Gasteiger partial charge in [0.1, 0.15) is 5.82 Å². The number of aryl methyl sites for hydroxylation is 1. The largest absolute Gasteiger partial charge is 0.320 e. The van der Waals surface area contributed by atoms with Crippen LogP contribution >= 0.6 is 11.6 Å². The van der Waals surface area contributed by atoms with Gasteiger partial charge in [-0.3, -0.25) is 0 Å². The van der Waals surface area contributed by atoms with Crippen LogP contribution in [0.2, 0.25) is 5.02 Å². The first-order valence-electron chi connectivity index (χ1n) is 5.56. The number of hydrogen-bond acceptors (Lipinski definition) is 1. The van der Waals surface area contributed by atoms with Crippen LogP contribution in [-0.4, -0.2) is 0 Å². The zero-order valence-electron chi connectivity index (χ0n) is 10.1. The lowest BCUT2D eigenvalue weighted by molar-refractivity contribution is 0.506. The van der Waals surface area contributed by atoms with Gasteiger partial charge in [0.05, 0.1) is 6.04 Å². The molecule has 0 aromatic heterocycles. The highest BCUT2D eigenvalue weighted by Gasteiger charge is 2.17. The van der Waals surface area contributed by atoms with Crippen LogP contribution in [0.15, 0.2) is 30.3 Å². The molecule has 100 valence electrons. The summed E-state index contributed by atoms with van der Waals surface area (Å²) >= 11 is 5.84. The molecule has 1 atom stereocenters. The molecule has 19 heavy (non-hydrogen) atoms. The summed E-state index contributed by atoms with van der Waals surface area (Å²) < 4.78 is 39.7. The fourth-order valence-corrected chi connectivity index (χ4v) is 2.03. The summed E-state index contributed by atoms with van der Waals surface area (Å²) in [4.78, 5) is 0. The predicted molar refractivity (Wildman–Crippen MR) is 68.5 cm³/mol. The molecule has 0 saturated carbocycles. The van der Waals surface area contributed by atoms with Gasteiger partial charge in [-0.2, -0.15) is 0 Å². The van der Waals surface area contributed by atoms with Crippen molar-refractivity contribution in [2.75, 3.05) is 0 Å². The van der Waals surface area contributed by atoms with Crippen LogP contribution in [0.25, 0.3) is 0 Å². The second-order valence-corrected chi connectivity index (χ2v) is 4.68. The van der Waals surface area contributed by atoms with Crippen molar-refractivity contribution in [3.05, 3.63) is 69.5 Å². The molecule has 0 saturated heterocycles. The molecule has 0 heterocycles. The van der Waals surface area contributed by atoms with E-state index in [0.29, 0.717) is 11.1 Å². The van der Waals surface area contributed by atoms with Crippen LogP contribution in [0.4, 0.5) is 13.2 Å². The zero-order valence-corrected chi connectivity index (χ0v) is 10.8. The molecular formula is C14H11ClF3N. The smallest absolute Gasteiger partial charge is 0.160 e. The van der Waals surface area contributed by atoms with E-state index in [1.54, 1.807) is 19.1 Å². The molecule has 2 N–H and O–H groups in total. The van der Waals surface area contributed by atoms with Crippen molar-refractivity contribution >= 4 is 11.6 Å². The van der Waals surface area contributed by atoms with Crippen molar-refractivity contribution in [1.29, 1.82) is 0 Å². The van der Waals surface area contributed by atoms with Crippen LogP contribution in [-0.2, 0) is 0 Å².